The number of rotatable bonds is 4. The van der Waals surface area contributed by atoms with Crippen LogP contribution in [0.15, 0.2) is 48.5 Å². The maximum absolute atomic E-state index is 12.7. The van der Waals surface area contributed by atoms with E-state index < -0.39 is 23.8 Å². The first-order chi connectivity index (χ1) is 11.8. The quantitative estimate of drug-likeness (QED) is 0.600. The molecule has 130 valence electrons. The number of aromatic nitrogens is 1. The first-order valence-electron chi connectivity index (χ1n) is 7.54. The van der Waals surface area contributed by atoms with Crippen LogP contribution in [0.5, 0.6) is 0 Å². The van der Waals surface area contributed by atoms with Crippen LogP contribution >= 0.6 is 11.3 Å². The fourth-order valence-electron chi connectivity index (χ4n) is 2.38. The molecule has 0 spiro atoms. The van der Waals surface area contributed by atoms with Gasteiger partial charge in [0.05, 0.1) is 22.2 Å². The van der Waals surface area contributed by atoms with Gasteiger partial charge in [-0.05, 0) is 30.7 Å². The molecule has 25 heavy (non-hydrogen) atoms. The second kappa shape index (κ2) is 6.84. The number of hydrogen-bond donors (Lipinski definition) is 0. The molecule has 0 saturated carbocycles. The number of esters is 1. The smallest absolute Gasteiger partial charge is 0.416 e. The fourth-order valence-corrected chi connectivity index (χ4v) is 3.33. The molecule has 1 atom stereocenters. The lowest BCUT2D eigenvalue weighted by Gasteiger charge is -2.12. The third kappa shape index (κ3) is 4.17. The predicted octanol–water partition coefficient (Wildman–Crippen LogP) is 5.16. The van der Waals surface area contributed by atoms with Crippen molar-refractivity contribution in [2.45, 2.75) is 25.6 Å². The van der Waals surface area contributed by atoms with Crippen LogP contribution in [0, 0.1) is 0 Å². The summed E-state index contributed by atoms with van der Waals surface area (Å²) in [7, 11) is 0. The number of hydrogen-bond acceptors (Lipinski definition) is 4. The highest BCUT2D eigenvalue weighted by atomic mass is 32.1. The summed E-state index contributed by atoms with van der Waals surface area (Å²) >= 11 is 1.42. The lowest BCUT2D eigenvalue weighted by atomic mass is 10.1. The van der Waals surface area contributed by atoms with Crippen LogP contribution in [0.1, 0.15) is 29.2 Å². The van der Waals surface area contributed by atoms with Crippen LogP contribution in [-0.4, -0.2) is 11.0 Å². The Labute approximate surface area is 146 Å². The lowest BCUT2D eigenvalue weighted by Crippen LogP contribution is -2.12. The zero-order valence-corrected chi connectivity index (χ0v) is 14.0. The van der Waals surface area contributed by atoms with E-state index in [1.54, 1.807) is 6.92 Å². The number of carbonyl (C=O) groups excluding carboxylic acids is 1. The Hall–Kier alpha value is -2.41. The Morgan fingerprint density at radius 2 is 1.96 bits per heavy atom. The largest absolute Gasteiger partial charge is 0.455 e. The fraction of sp³-hybridized carbons (Fsp3) is 0.222. The van der Waals surface area contributed by atoms with E-state index in [0.717, 1.165) is 22.3 Å². The molecule has 0 unspecified atom stereocenters. The van der Waals surface area contributed by atoms with Gasteiger partial charge in [-0.1, -0.05) is 30.3 Å². The van der Waals surface area contributed by atoms with Crippen LogP contribution in [0.3, 0.4) is 0 Å². The lowest BCUT2D eigenvalue weighted by molar-refractivity contribution is -0.148. The van der Waals surface area contributed by atoms with Gasteiger partial charge in [0.25, 0.3) is 0 Å². The molecule has 1 aromatic heterocycles. The minimum Gasteiger partial charge on any atom is -0.455 e. The number of benzene rings is 2. The van der Waals surface area contributed by atoms with Gasteiger partial charge in [0.2, 0.25) is 0 Å². The summed E-state index contributed by atoms with van der Waals surface area (Å²) in [5.74, 6) is -0.592. The van der Waals surface area contributed by atoms with Crippen molar-refractivity contribution in [3.8, 4) is 0 Å². The predicted molar refractivity (Wildman–Crippen MR) is 89.3 cm³/mol. The molecular formula is C18H14F3NO2S. The Morgan fingerprint density at radius 1 is 1.20 bits per heavy atom. The molecule has 3 aromatic rings. The standard InChI is InChI=1S/C18H14F3NO2S/c1-11(17-22-14-7-2-3-8-15(14)25-17)24-16(23)10-12-5-4-6-13(9-12)18(19,20)21/h2-9,11H,10H2,1H3/t11-/m0/s1. The third-order valence-corrected chi connectivity index (χ3v) is 4.77. The molecule has 0 aliphatic heterocycles. The van der Waals surface area contributed by atoms with Gasteiger partial charge in [0.15, 0.2) is 6.10 Å². The van der Waals surface area contributed by atoms with Crippen LogP contribution < -0.4 is 0 Å². The molecule has 0 bridgehead atoms. The van der Waals surface area contributed by atoms with Crippen LogP contribution in [0.4, 0.5) is 13.2 Å². The Kier molecular flexibility index (Phi) is 4.76. The molecule has 0 radical (unpaired) electrons. The number of para-hydroxylation sites is 1. The van der Waals surface area contributed by atoms with Gasteiger partial charge in [-0.2, -0.15) is 13.2 Å². The highest BCUT2D eigenvalue weighted by Crippen LogP contribution is 2.30. The average molecular weight is 365 g/mol. The number of ether oxygens (including phenoxy) is 1. The Bertz CT molecular complexity index is 871. The van der Waals surface area contributed by atoms with Gasteiger partial charge in [-0.3, -0.25) is 4.79 Å². The maximum Gasteiger partial charge on any atom is 0.416 e. The molecule has 1 heterocycles. The van der Waals surface area contributed by atoms with Crippen molar-refractivity contribution in [1.82, 2.24) is 4.98 Å². The van der Waals surface area contributed by atoms with Gasteiger partial charge in [-0.25, -0.2) is 4.98 Å². The molecule has 0 N–H and O–H groups in total. The molecule has 0 fully saturated rings. The van der Waals surface area contributed by atoms with E-state index in [9.17, 15) is 18.0 Å². The first-order valence-corrected chi connectivity index (χ1v) is 8.35. The second-order valence-corrected chi connectivity index (χ2v) is 6.59. The van der Waals surface area contributed by atoms with Crippen LogP contribution in [0.2, 0.25) is 0 Å². The molecular weight excluding hydrogens is 351 g/mol. The summed E-state index contributed by atoms with van der Waals surface area (Å²) in [5, 5.41) is 0.651. The summed E-state index contributed by atoms with van der Waals surface area (Å²) in [6, 6.07) is 12.2. The van der Waals surface area contributed by atoms with Gasteiger partial charge in [0, 0.05) is 0 Å². The van der Waals surface area contributed by atoms with Gasteiger partial charge < -0.3 is 4.74 Å². The van der Waals surface area contributed by atoms with Crippen molar-refractivity contribution in [3.63, 3.8) is 0 Å². The van der Waals surface area contributed by atoms with Crippen molar-refractivity contribution in [3.05, 3.63) is 64.7 Å². The monoisotopic (exact) mass is 365 g/mol. The maximum atomic E-state index is 12.7. The summed E-state index contributed by atoms with van der Waals surface area (Å²) < 4.78 is 44.5. The van der Waals surface area contributed by atoms with Gasteiger partial charge in [-0.15, -0.1) is 11.3 Å². The zero-order chi connectivity index (χ0) is 18.0. The van der Waals surface area contributed by atoms with Crippen LogP contribution in [0.25, 0.3) is 10.2 Å². The number of alkyl halides is 3. The van der Waals surface area contributed by atoms with Gasteiger partial charge >= 0.3 is 12.1 Å². The van der Waals surface area contributed by atoms with Crippen LogP contribution in [-0.2, 0) is 22.1 Å². The Balaban J connectivity index is 1.68. The molecule has 7 heteroatoms. The van der Waals surface area contributed by atoms with E-state index in [1.807, 2.05) is 24.3 Å². The van der Waals surface area contributed by atoms with Crippen molar-refractivity contribution < 1.29 is 22.7 Å². The molecule has 0 aliphatic rings. The van der Waals surface area contributed by atoms with Crippen molar-refractivity contribution >= 4 is 27.5 Å². The van der Waals surface area contributed by atoms with E-state index in [0.29, 0.717) is 5.01 Å². The van der Waals surface area contributed by atoms with E-state index in [4.69, 9.17) is 4.74 Å². The van der Waals surface area contributed by atoms with Crippen molar-refractivity contribution in [2.75, 3.05) is 0 Å². The highest BCUT2D eigenvalue weighted by Gasteiger charge is 2.30. The number of nitrogens with zero attached hydrogens (tertiary/aromatic N) is 1. The second-order valence-electron chi connectivity index (χ2n) is 5.53. The van der Waals surface area contributed by atoms with E-state index in [2.05, 4.69) is 4.98 Å². The normalized spacial score (nSPS) is 13.0. The van der Waals surface area contributed by atoms with Crippen molar-refractivity contribution in [1.29, 1.82) is 0 Å². The minimum absolute atomic E-state index is 0.223. The number of carbonyl (C=O) groups is 1. The van der Waals surface area contributed by atoms with E-state index in [1.165, 1.54) is 23.5 Å². The molecule has 3 nitrogen and oxygen atoms in total. The topological polar surface area (TPSA) is 39.2 Å². The summed E-state index contributed by atoms with van der Waals surface area (Å²) in [6.07, 6.45) is -5.22. The number of thiazole rings is 1. The van der Waals surface area contributed by atoms with Gasteiger partial charge in [0.1, 0.15) is 5.01 Å². The molecule has 0 aliphatic carbocycles. The first kappa shape index (κ1) is 17.4. The molecule has 0 saturated heterocycles. The average Bonchev–Trinajstić information content (AvgIpc) is 2.98. The zero-order valence-electron chi connectivity index (χ0n) is 13.2. The number of fused-ring (bicyclic) bond motifs is 1. The summed E-state index contributed by atoms with van der Waals surface area (Å²) in [6.45, 7) is 1.70. The SMILES string of the molecule is C[C@H](OC(=O)Cc1cccc(C(F)(F)F)c1)c1nc2ccccc2s1. The molecule has 3 rings (SSSR count). The molecule has 2 aromatic carbocycles. The Morgan fingerprint density at radius 3 is 2.68 bits per heavy atom. The molecule has 0 amide bonds. The van der Waals surface area contributed by atoms with E-state index in [-0.39, 0.29) is 12.0 Å². The third-order valence-electron chi connectivity index (χ3n) is 3.57. The van der Waals surface area contributed by atoms with E-state index >= 15 is 0 Å². The summed E-state index contributed by atoms with van der Waals surface area (Å²) in [4.78, 5) is 16.5. The minimum atomic E-state index is -4.44. The van der Waals surface area contributed by atoms with Crippen molar-refractivity contribution in [2.24, 2.45) is 0 Å². The number of halogens is 3. The summed E-state index contributed by atoms with van der Waals surface area (Å²) in [5.41, 5.74) is 0.302. The highest BCUT2D eigenvalue weighted by molar-refractivity contribution is 7.18.